The molecular formula is C13H21ClN2. The van der Waals surface area contributed by atoms with Gasteiger partial charge in [0, 0.05) is 30.7 Å². The lowest BCUT2D eigenvalue weighted by atomic mass is 10.1. The fourth-order valence-corrected chi connectivity index (χ4v) is 2.57. The van der Waals surface area contributed by atoms with Gasteiger partial charge in [-0.3, -0.25) is 0 Å². The van der Waals surface area contributed by atoms with Gasteiger partial charge < -0.3 is 4.57 Å². The Morgan fingerprint density at radius 2 is 2.38 bits per heavy atom. The van der Waals surface area contributed by atoms with Gasteiger partial charge >= 0.3 is 0 Å². The van der Waals surface area contributed by atoms with Crippen LogP contribution in [0, 0.1) is 5.92 Å². The van der Waals surface area contributed by atoms with E-state index in [-0.39, 0.29) is 0 Å². The second kappa shape index (κ2) is 5.72. The summed E-state index contributed by atoms with van der Waals surface area (Å²) < 4.78 is 2.26. The topological polar surface area (TPSA) is 17.8 Å². The lowest BCUT2D eigenvalue weighted by Crippen LogP contribution is -2.05. The highest BCUT2D eigenvalue weighted by atomic mass is 35.5. The Kier molecular flexibility index (Phi) is 4.28. The van der Waals surface area contributed by atoms with E-state index in [1.165, 1.54) is 31.5 Å². The smallest absolute Gasteiger partial charge is 0.108 e. The molecule has 0 aromatic carbocycles. The predicted molar refractivity (Wildman–Crippen MR) is 67.8 cm³/mol. The largest absolute Gasteiger partial charge is 0.335 e. The van der Waals surface area contributed by atoms with E-state index in [9.17, 15) is 0 Å². The summed E-state index contributed by atoms with van der Waals surface area (Å²) in [6.45, 7) is 3.29. The van der Waals surface area contributed by atoms with Crippen LogP contribution >= 0.6 is 11.6 Å². The summed E-state index contributed by atoms with van der Waals surface area (Å²) in [6.07, 6.45) is 11.2. The SMILES string of the molecule is CCCn1ccnc1CCCC(Cl)C1CC1. The van der Waals surface area contributed by atoms with E-state index < -0.39 is 0 Å². The summed E-state index contributed by atoms with van der Waals surface area (Å²) in [6, 6.07) is 0. The maximum absolute atomic E-state index is 6.29. The Bertz CT molecular complexity index is 317. The van der Waals surface area contributed by atoms with Crippen molar-refractivity contribution in [1.82, 2.24) is 9.55 Å². The van der Waals surface area contributed by atoms with Gasteiger partial charge in [-0.25, -0.2) is 4.98 Å². The minimum absolute atomic E-state index is 0.412. The van der Waals surface area contributed by atoms with Crippen molar-refractivity contribution in [2.45, 2.75) is 57.4 Å². The van der Waals surface area contributed by atoms with Gasteiger partial charge in [-0.05, 0) is 38.0 Å². The number of imidazole rings is 1. The van der Waals surface area contributed by atoms with Crippen molar-refractivity contribution < 1.29 is 0 Å². The van der Waals surface area contributed by atoms with E-state index in [0.717, 1.165) is 25.3 Å². The quantitative estimate of drug-likeness (QED) is 0.666. The van der Waals surface area contributed by atoms with Crippen molar-refractivity contribution in [3.63, 3.8) is 0 Å². The fraction of sp³-hybridized carbons (Fsp3) is 0.769. The highest BCUT2D eigenvalue weighted by Gasteiger charge is 2.28. The fourth-order valence-electron chi connectivity index (χ4n) is 2.16. The molecular weight excluding hydrogens is 220 g/mol. The molecule has 0 aliphatic heterocycles. The van der Waals surface area contributed by atoms with Crippen LogP contribution in [0.2, 0.25) is 0 Å². The molecule has 1 unspecified atom stereocenters. The monoisotopic (exact) mass is 240 g/mol. The first kappa shape index (κ1) is 12.0. The van der Waals surface area contributed by atoms with E-state index >= 15 is 0 Å². The molecule has 0 radical (unpaired) electrons. The Labute approximate surface area is 103 Å². The number of hydrogen-bond donors (Lipinski definition) is 0. The lowest BCUT2D eigenvalue weighted by molar-refractivity contribution is 0.589. The highest BCUT2D eigenvalue weighted by Crippen LogP contribution is 2.37. The summed E-state index contributed by atoms with van der Waals surface area (Å²) in [7, 11) is 0. The summed E-state index contributed by atoms with van der Waals surface area (Å²) in [5.41, 5.74) is 0. The van der Waals surface area contributed by atoms with Crippen LogP contribution in [0.15, 0.2) is 12.4 Å². The Balaban J connectivity index is 1.73. The Morgan fingerprint density at radius 3 is 3.06 bits per heavy atom. The van der Waals surface area contributed by atoms with Gasteiger partial charge in [0.05, 0.1) is 0 Å². The first-order valence-corrected chi connectivity index (χ1v) is 6.89. The van der Waals surface area contributed by atoms with Crippen molar-refractivity contribution in [2.24, 2.45) is 5.92 Å². The first-order valence-electron chi connectivity index (χ1n) is 6.45. The number of nitrogens with zero attached hydrogens (tertiary/aromatic N) is 2. The van der Waals surface area contributed by atoms with Crippen LogP contribution in [0.3, 0.4) is 0 Å². The van der Waals surface area contributed by atoms with E-state index in [0.29, 0.717) is 5.38 Å². The molecule has 2 nitrogen and oxygen atoms in total. The van der Waals surface area contributed by atoms with E-state index in [2.05, 4.69) is 22.7 Å². The number of aryl methyl sites for hydroxylation is 2. The molecule has 1 aromatic heterocycles. The maximum atomic E-state index is 6.29. The standard InChI is InChI=1S/C13H21ClN2/c1-2-9-16-10-8-15-13(16)5-3-4-12(14)11-6-7-11/h8,10-12H,2-7,9H2,1H3. The van der Waals surface area contributed by atoms with Crippen LogP contribution in [0.1, 0.15) is 44.9 Å². The van der Waals surface area contributed by atoms with Crippen LogP contribution in [-0.4, -0.2) is 14.9 Å². The number of alkyl halides is 1. The van der Waals surface area contributed by atoms with Gasteiger partial charge in [-0.1, -0.05) is 6.92 Å². The molecule has 0 amide bonds. The molecule has 3 heteroatoms. The van der Waals surface area contributed by atoms with Gasteiger partial charge in [-0.15, -0.1) is 11.6 Å². The highest BCUT2D eigenvalue weighted by molar-refractivity contribution is 6.20. The summed E-state index contributed by atoms with van der Waals surface area (Å²) in [5.74, 6) is 2.04. The van der Waals surface area contributed by atoms with E-state index in [4.69, 9.17) is 11.6 Å². The average molecular weight is 241 g/mol. The Hall–Kier alpha value is -0.500. The number of halogens is 1. The second-order valence-electron chi connectivity index (χ2n) is 4.78. The first-order chi connectivity index (χ1) is 7.81. The van der Waals surface area contributed by atoms with Crippen molar-refractivity contribution in [3.05, 3.63) is 18.2 Å². The molecule has 1 aliphatic rings. The number of aromatic nitrogens is 2. The average Bonchev–Trinajstić information content (AvgIpc) is 3.03. The molecule has 0 saturated heterocycles. The zero-order valence-electron chi connectivity index (χ0n) is 10.0. The lowest BCUT2D eigenvalue weighted by Gasteiger charge is -2.08. The van der Waals surface area contributed by atoms with Gasteiger partial charge in [0.25, 0.3) is 0 Å². The third kappa shape index (κ3) is 3.24. The Morgan fingerprint density at radius 1 is 1.56 bits per heavy atom. The zero-order valence-corrected chi connectivity index (χ0v) is 10.8. The van der Waals surface area contributed by atoms with Crippen LogP contribution in [-0.2, 0) is 13.0 Å². The summed E-state index contributed by atoms with van der Waals surface area (Å²) >= 11 is 6.29. The van der Waals surface area contributed by atoms with E-state index in [1.807, 2.05) is 6.20 Å². The number of rotatable bonds is 7. The second-order valence-corrected chi connectivity index (χ2v) is 5.34. The molecule has 1 saturated carbocycles. The number of hydrogen-bond acceptors (Lipinski definition) is 1. The van der Waals surface area contributed by atoms with Crippen molar-refractivity contribution in [3.8, 4) is 0 Å². The predicted octanol–water partition coefficient (Wildman–Crippen LogP) is 3.63. The van der Waals surface area contributed by atoms with Crippen LogP contribution in [0.5, 0.6) is 0 Å². The van der Waals surface area contributed by atoms with Crippen molar-refractivity contribution >= 4 is 11.6 Å². The van der Waals surface area contributed by atoms with Gasteiger partial charge in [0.15, 0.2) is 0 Å². The molecule has 2 rings (SSSR count). The third-order valence-corrected chi connectivity index (χ3v) is 3.85. The van der Waals surface area contributed by atoms with Crippen molar-refractivity contribution in [1.29, 1.82) is 0 Å². The van der Waals surface area contributed by atoms with E-state index in [1.54, 1.807) is 0 Å². The van der Waals surface area contributed by atoms with Gasteiger partial charge in [0.2, 0.25) is 0 Å². The molecule has 16 heavy (non-hydrogen) atoms. The summed E-state index contributed by atoms with van der Waals surface area (Å²) in [5, 5.41) is 0.412. The van der Waals surface area contributed by atoms with Gasteiger partial charge in [0.1, 0.15) is 5.82 Å². The normalized spacial score (nSPS) is 17.6. The minimum Gasteiger partial charge on any atom is -0.335 e. The molecule has 1 fully saturated rings. The summed E-state index contributed by atoms with van der Waals surface area (Å²) in [4.78, 5) is 4.41. The molecule has 0 bridgehead atoms. The van der Waals surface area contributed by atoms with Crippen LogP contribution in [0.4, 0.5) is 0 Å². The van der Waals surface area contributed by atoms with Crippen LogP contribution < -0.4 is 0 Å². The molecule has 0 spiro atoms. The zero-order chi connectivity index (χ0) is 11.4. The molecule has 1 atom stereocenters. The molecule has 0 N–H and O–H groups in total. The van der Waals surface area contributed by atoms with Gasteiger partial charge in [-0.2, -0.15) is 0 Å². The molecule has 1 aromatic rings. The minimum atomic E-state index is 0.412. The van der Waals surface area contributed by atoms with Crippen LogP contribution in [0.25, 0.3) is 0 Å². The van der Waals surface area contributed by atoms with Crippen molar-refractivity contribution in [2.75, 3.05) is 0 Å². The molecule has 1 heterocycles. The maximum Gasteiger partial charge on any atom is 0.108 e. The third-order valence-electron chi connectivity index (χ3n) is 3.28. The molecule has 1 aliphatic carbocycles. The molecule has 90 valence electrons.